The second-order valence-electron chi connectivity index (χ2n) is 7.17. The van der Waals surface area contributed by atoms with E-state index < -0.39 is 0 Å². The van der Waals surface area contributed by atoms with Crippen LogP contribution in [0.15, 0.2) is 35.7 Å². The minimum Gasteiger partial charge on any atom is -0.339 e. The number of nitrogens with zero attached hydrogens (tertiary/aromatic N) is 3. The topological polar surface area (TPSA) is 53.5 Å². The lowest BCUT2D eigenvalue weighted by Crippen LogP contribution is -2.37. The molecule has 0 bridgehead atoms. The Kier molecular flexibility index (Phi) is 4.76. The summed E-state index contributed by atoms with van der Waals surface area (Å²) in [4.78, 5) is 34.1. The zero-order valence-corrected chi connectivity index (χ0v) is 15.7. The van der Waals surface area contributed by atoms with E-state index >= 15 is 0 Å². The average molecular weight is 369 g/mol. The molecule has 2 fully saturated rings. The molecule has 2 aromatic rings. The quantitative estimate of drug-likeness (QED) is 0.821. The summed E-state index contributed by atoms with van der Waals surface area (Å²) in [6.45, 7) is 2.46. The first-order valence-electron chi connectivity index (χ1n) is 9.24. The van der Waals surface area contributed by atoms with Gasteiger partial charge in [-0.2, -0.15) is 0 Å². The number of hydrogen-bond donors (Lipinski definition) is 0. The van der Waals surface area contributed by atoms with E-state index in [1.165, 1.54) is 24.2 Å². The van der Waals surface area contributed by atoms with Crippen LogP contribution in [-0.4, -0.2) is 34.3 Å². The predicted octanol–water partition coefficient (Wildman–Crippen LogP) is 3.91. The van der Waals surface area contributed by atoms with Crippen molar-refractivity contribution in [1.82, 2.24) is 9.88 Å². The molecule has 1 saturated carbocycles. The van der Waals surface area contributed by atoms with Crippen LogP contribution in [0.4, 0.5) is 10.8 Å². The van der Waals surface area contributed by atoms with Gasteiger partial charge in [-0.25, -0.2) is 4.98 Å². The number of rotatable bonds is 4. The Labute approximate surface area is 157 Å². The Morgan fingerprint density at radius 2 is 1.96 bits per heavy atom. The number of anilines is 2. The molecule has 26 heavy (non-hydrogen) atoms. The van der Waals surface area contributed by atoms with Crippen molar-refractivity contribution in [1.29, 1.82) is 0 Å². The Hall–Kier alpha value is -2.21. The summed E-state index contributed by atoms with van der Waals surface area (Å²) in [7, 11) is 0. The number of para-hydroxylation sites is 1. The van der Waals surface area contributed by atoms with Gasteiger partial charge in [0.15, 0.2) is 5.13 Å². The number of amides is 2. The van der Waals surface area contributed by atoms with Crippen LogP contribution in [0, 0.1) is 12.8 Å². The van der Waals surface area contributed by atoms with Gasteiger partial charge in [-0.05, 0) is 31.9 Å². The van der Waals surface area contributed by atoms with E-state index in [4.69, 9.17) is 0 Å². The molecule has 1 saturated heterocycles. The molecule has 0 spiro atoms. The third kappa shape index (κ3) is 3.26. The summed E-state index contributed by atoms with van der Waals surface area (Å²) in [6, 6.07) is 9.93. The number of hydrogen-bond acceptors (Lipinski definition) is 4. The van der Waals surface area contributed by atoms with Gasteiger partial charge in [0, 0.05) is 24.4 Å². The van der Waals surface area contributed by atoms with Crippen LogP contribution in [0.2, 0.25) is 0 Å². The van der Waals surface area contributed by atoms with Crippen LogP contribution >= 0.6 is 11.3 Å². The SMILES string of the molecule is Cc1csc(N(C(=O)C2CC(=O)N(C3CCCC3)C2)c2ccccc2)n1. The normalized spacial score (nSPS) is 20.7. The lowest BCUT2D eigenvalue weighted by molar-refractivity contribution is -0.130. The maximum Gasteiger partial charge on any atom is 0.238 e. The van der Waals surface area contributed by atoms with Crippen LogP contribution in [0.25, 0.3) is 0 Å². The van der Waals surface area contributed by atoms with Crippen molar-refractivity contribution in [3.8, 4) is 0 Å². The number of thiazole rings is 1. The minimum atomic E-state index is -0.299. The smallest absolute Gasteiger partial charge is 0.238 e. The summed E-state index contributed by atoms with van der Waals surface area (Å²) in [5.41, 5.74) is 1.70. The lowest BCUT2D eigenvalue weighted by atomic mass is 10.1. The standard InChI is InChI=1S/C20H23N3O2S/c1-14-13-26-20(21-14)23(17-9-3-2-4-10-17)19(25)15-11-18(24)22(12-15)16-7-5-6-8-16/h2-4,9-10,13,15-16H,5-8,11-12H2,1H3. The van der Waals surface area contributed by atoms with Crippen molar-refractivity contribution in [2.75, 3.05) is 11.4 Å². The average Bonchev–Trinajstić information content (AvgIpc) is 3.37. The summed E-state index contributed by atoms with van der Waals surface area (Å²) in [5.74, 6) is -0.203. The Morgan fingerprint density at radius 1 is 1.23 bits per heavy atom. The number of aryl methyl sites for hydroxylation is 1. The van der Waals surface area contributed by atoms with Crippen LogP contribution in [0.1, 0.15) is 37.8 Å². The van der Waals surface area contributed by atoms with Gasteiger partial charge in [-0.3, -0.25) is 14.5 Å². The third-order valence-corrected chi connectivity index (χ3v) is 6.25. The van der Waals surface area contributed by atoms with Crippen LogP contribution < -0.4 is 4.90 Å². The van der Waals surface area contributed by atoms with Gasteiger partial charge >= 0.3 is 0 Å². The van der Waals surface area contributed by atoms with E-state index in [2.05, 4.69) is 4.98 Å². The summed E-state index contributed by atoms with van der Waals surface area (Å²) in [6.07, 6.45) is 4.81. The molecule has 2 aliphatic rings. The molecule has 6 heteroatoms. The maximum absolute atomic E-state index is 13.4. The zero-order chi connectivity index (χ0) is 18.1. The van der Waals surface area contributed by atoms with Crippen LogP contribution in [-0.2, 0) is 9.59 Å². The zero-order valence-electron chi connectivity index (χ0n) is 14.9. The highest BCUT2D eigenvalue weighted by molar-refractivity contribution is 7.14. The first kappa shape index (κ1) is 17.2. The molecular formula is C20H23N3O2S. The van der Waals surface area contributed by atoms with Gasteiger partial charge in [0.25, 0.3) is 0 Å². The Balaban J connectivity index is 1.60. The van der Waals surface area contributed by atoms with Gasteiger partial charge in [0.2, 0.25) is 11.8 Å². The van der Waals surface area contributed by atoms with Gasteiger partial charge in [0.1, 0.15) is 0 Å². The molecule has 0 radical (unpaired) electrons. The number of carbonyl (C=O) groups is 2. The summed E-state index contributed by atoms with van der Waals surface area (Å²) < 4.78 is 0. The van der Waals surface area contributed by atoms with Crippen molar-refractivity contribution < 1.29 is 9.59 Å². The second-order valence-corrected chi connectivity index (χ2v) is 8.00. The highest BCUT2D eigenvalue weighted by Crippen LogP contribution is 2.34. The van der Waals surface area contributed by atoms with Crippen molar-refractivity contribution in [2.45, 2.75) is 45.1 Å². The first-order chi connectivity index (χ1) is 12.6. The fraction of sp³-hybridized carbons (Fsp3) is 0.450. The summed E-state index contributed by atoms with van der Waals surface area (Å²) in [5, 5.41) is 2.62. The van der Waals surface area contributed by atoms with Crippen molar-refractivity contribution in [2.24, 2.45) is 5.92 Å². The molecule has 1 aliphatic carbocycles. The number of benzene rings is 1. The van der Waals surface area contributed by atoms with E-state index in [9.17, 15) is 9.59 Å². The molecule has 1 aliphatic heterocycles. The van der Waals surface area contributed by atoms with Crippen LogP contribution in [0.3, 0.4) is 0 Å². The third-order valence-electron chi connectivity index (χ3n) is 5.31. The van der Waals surface area contributed by atoms with Gasteiger partial charge in [0.05, 0.1) is 17.3 Å². The second kappa shape index (κ2) is 7.19. The number of carbonyl (C=O) groups excluding carboxylic acids is 2. The molecule has 2 heterocycles. The number of aromatic nitrogens is 1. The maximum atomic E-state index is 13.4. The van der Waals surface area contributed by atoms with E-state index in [1.54, 1.807) is 4.90 Å². The van der Waals surface area contributed by atoms with E-state index in [1.807, 2.05) is 47.5 Å². The summed E-state index contributed by atoms with van der Waals surface area (Å²) >= 11 is 1.46. The number of likely N-dealkylation sites (tertiary alicyclic amines) is 1. The lowest BCUT2D eigenvalue weighted by Gasteiger charge is -2.26. The molecular weight excluding hydrogens is 346 g/mol. The first-order valence-corrected chi connectivity index (χ1v) is 10.1. The van der Waals surface area contributed by atoms with Crippen LogP contribution in [0.5, 0.6) is 0 Å². The highest BCUT2D eigenvalue weighted by Gasteiger charge is 2.41. The van der Waals surface area contributed by atoms with Gasteiger partial charge in [-0.15, -0.1) is 11.3 Å². The molecule has 1 atom stereocenters. The van der Waals surface area contributed by atoms with E-state index in [-0.39, 0.29) is 17.7 Å². The molecule has 5 nitrogen and oxygen atoms in total. The fourth-order valence-corrected chi connectivity index (χ4v) is 4.83. The van der Waals surface area contributed by atoms with E-state index in [0.29, 0.717) is 24.1 Å². The fourth-order valence-electron chi connectivity index (χ4n) is 4.00. The molecule has 1 aromatic heterocycles. The minimum absolute atomic E-state index is 0.0283. The van der Waals surface area contributed by atoms with Crippen molar-refractivity contribution in [3.63, 3.8) is 0 Å². The van der Waals surface area contributed by atoms with Gasteiger partial charge in [-0.1, -0.05) is 31.0 Å². The molecule has 1 aromatic carbocycles. The van der Waals surface area contributed by atoms with Crippen molar-refractivity contribution in [3.05, 3.63) is 41.4 Å². The molecule has 1 unspecified atom stereocenters. The predicted molar refractivity (Wildman–Crippen MR) is 103 cm³/mol. The van der Waals surface area contributed by atoms with Gasteiger partial charge < -0.3 is 4.90 Å². The van der Waals surface area contributed by atoms with E-state index in [0.717, 1.165) is 24.2 Å². The Bertz CT molecular complexity index is 798. The molecule has 4 rings (SSSR count). The Morgan fingerprint density at radius 3 is 2.62 bits per heavy atom. The monoisotopic (exact) mass is 369 g/mol. The molecule has 0 N–H and O–H groups in total. The highest BCUT2D eigenvalue weighted by atomic mass is 32.1. The largest absolute Gasteiger partial charge is 0.339 e. The molecule has 2 amide bonds. The van der Waals surface area contributed by atoms with Crippen molar-refractivity contribution >= 4 is 34.0 Å². The molecule has 136 valence electrons.